The number of amidine groups is 1. The summed E-state index contributed by atoms with van der Waals surface area (Å²) in [6.07, 6.45) is 1.48. The molecule has 7 heteroatoms. The Balaban J connectivity index is 2.02. The molecule has 1 aromatic heterocycles. The number of carbonyl (C=O) groups excluding carboxylic acids is 2. The summed E-state index contributed by atoms with van der Waals surface area (Å²) in [6.45, 7) is 5.51. The largest absolute Gasteiger partial charge is 0.462 e. The van der Waals surface area contributed by atoms with Gasteiger partial charge < -0.3 is 15.4 Å². The molecule has 0 saturated heterocycles. The third kappa shape index (κ3) is 4.03. The molecule has 2 N–H and O–H groups in total. The van der Waals surface area contributed by atoms with Crippen LogP contribution < -0.4 is 10.6 Å². The van der Waals surface area contributed by atoms with Gasteiger partial charge >= 0.3 is 5.97 Å². The zero-order chi connectivity index (χ0) is 19.4. The van der Waals surface area contributed by atoms with Crippen molar-refractivity contribution in [1.29, 1.82) is 0 Å². The van der Waals surface area contributed by atoms with Crippen LogP contribution in [-0.4, -0.2) is 29.3 Å². The van der Waals surface area contributed by atoms with Crippen LogP contribution in [0.2, 0.25) is 0 Å². The molecule has 3 rings (SSSR count). The highest BCUT2D eigenvalue weighted by Gasteiger charge is 2.26. The number of nitrogens with one attached hydrogen (secondary N) is 2. The molecule has 0 bridgehead atoms. The maximum Gasteiger partial charge on any atom is 0.343 e. The predicted molar refractivity (Wildman–Crippen MR) is 103 cm³/mol. The van der Waals surface area contributed by atoms with Crippen molar-refractivity contribution in [3.05, 3.63) is 65.1 Å². The molecular formula is C20H20N4O3. The highest BCUT2D eigenvalue weighted by molar-refractivity contribution is 6.25. The van der Waals surface area contributed by atoms with Gasteiger partial charge in [0.15, 0.2) is 0 Å². The van der Waals surface area contributed by atoms with Crippen molar-refractivity contribution in [2.24, 2.45) is 4.99 Å². The number of ether oxygens (including phenoxy) is 1. The normalized spacial score (nSPS) is 13.1. The Bertz CT molecular complexity index is 946. The van der Waals surface area contributed by atoms with E-state index in [2.05, 4.69) is 20.6 Å². The number of nitrogens with zero attached hydrogens (tertiary/aromatic N) is 2. The van der Waals surface area contributed by atoms with Crippen molar-refractivity contribution >= 4 is 29.1 Å². The molecule has 2 heterocycles. The zero-order valence-corrected chi connectivity index (χ0v) is 15.4. The second kappa shape index (κ2) is 7.82. The first-order valence-corrected chi connectivity index (χ1v) is 8.56. The third-order valence-corrected chi connectivity index (χ3v) is 3.96. The molecule has 27 heavy (non-hydrogen) atoms. The summed E-state index contributed by atoms with van der Waals surface area (Å²) in [7, 11) is 0. The molecule has 0 radical (unpaired) electrons. The Kier molecular flexibility index (Phi) is 5.30. The lowest BCUT2D eigenvalue weighted by atomic mass is 10.1. The number of allylic oxidation sites excluding steroid dienone is 1. The van der Waals surface area contributed by atoms with E-state index in [0.717, 1.165) is 11.4 Å². The molecule has 7 nitrogen and oxygen atoms in total. The van der Waals surface area contributed by atoms with Gasteiger partial charge in [0.25, 0.3) is 5.91 Å². The minimum absolute atomic E-state index is 0.133. The first-order chi connectivity index (χ1) is 13.0. The number of pyridine rings is 1. The van der Waals surface area contributed by atoms with E-state index in [0.29, 0.717) is 16.9 Å². The number of hydrogen-bond donors (Lipinski definition) is 2. The monoisotopic (exact) mass is 364 g/mol. The second-order valence-corrected chi connectivity index (χ2v) is 5.97. The summed E-state index contributed by atoms with van der Waals surface area (Å²) in [6, 6.07) is 10.7. The molecule has 1 aliphatic rings. The number of aryl methyl sites for hydroxylation is 1. The number of fused-ring (bicyclic) bond motifs is 1. The predicted octanol–water partition coefficient (Wildman–Crippen LogP) is 3.11. The van der Waals surface area contributed by atoms with Gasteiger partial charge in [-0.05, 0) is 45.0 Å². The van der Waals surface area contributed by atoms with E-state index in [1.165, 1.54) is 6.20 Å². The van der Waals surface area contributed by atoms with Crippen molar-refractivity contribution in [2.45, 2.75) is 20.8 Å². The van der Waals surface area contributed by atoms with Crippen LogP contribution in [0.5, 0.6) is 0 Å². The van der Waals surface area contributed by atoms with Gasteiger partial charge in [0, 0.05) is 17.6 Å². The van der Waals surface area contributed by atoms with Crippen molar-refractivity contribution < 1.29 is 14.3 Å². The van der Waals surface area contributed by atoms with Gasteiger partial charge in [-0.2, -0.15) is 0 Å². The molecule has 0 atom stereocenters. The lowest BCUT2D eigenvalue weighted by Crippen LogP contribution is -2.35. The van der Waals surface area contributed by atoms with Crippen LogP contribution in [0.1, 0.15) is 29.9 Å². The number of amides is 1. The summed E-state index contributed by atoms with van der Waals surface area (Å²) in [5, 5.41) is 5.89. The van der Waals surface area contributed by atoms with Crippen LogP contribution in [0.25, 0.3) is 0 Å². The van der Waals surface area contributed by atoms with Crippen LogP contribution in [0.4, 0.5) is 11.4 Å². The van der Waals surface area contributed by atoms with E-state index in [-0.39, 0.29) is 18.0 Å². The average Bonchev–Trinajstić information content (AvgIpc) is 2.77. The van der Waals surface area contributed by atoms with Gasteiger partial charge in [0.2, 0.25) is 0 Å². The summed E-state index contributed by atoms with van der Waals surface area (Å²) in [5.74, 6) is -0.833. The Labute approximate surface area is 157 Å². The Hall–Kier alpha value is -3.48. The number of carbonyl (C=O) groups is 2. The molecule has 1 aromatic carbocycles. The Morgan fingerprint density at radius 2 is 1.93 bits per heavy atom. The first-order valence-electron chi connectivity index (χ1n) is 8.56. The van der Waals surface area contributed by atoms with E-state index < -0.39 is 11.9 Å². The quantitative estimate of drug-likeness (QED) is 0.817. The fourth-order valence-corrected chi connectivity index (χ4v) is 2.62. The molecular weight excluding hydrogens is 344 g/mol. The maximum absolute atomic E-state index is 12.7. The summed E-state index contributed by atoms with van der Waals surface area (Å²) >= 11 is 0. The molecule has 1 amide bonds. The maximum atomic E-state index is 12.7. The van der Waals surface area contributed by atoms with E-state index in [4.69, 9.17) is 4.74 Å². The lowest BCUT2D eigenvalue weighted by Gasteiger charge is -2.13. The van der Waals surface area contributed by atoms with E-state index in [1.807, 2.05) is 25.1 Å². The van der Waals surface area contributed by atoms with Gasteiger partial charge in [-0.15, -0.1) is 0 Å². The van der Waals surface area contributed by atoms with E-state index >= 15 is 0 Å². The van der Waals surface area contributed by atoms with E-state index in [1.54, 1.807) is 32.0 Å². The highest BCUT2D eigenvalue weighted by Crippen LogP contribution is 2.30. The van der Waals surface area contributed by atoms with Crippen molar-refractivity contribution in [3.63, 3.8) is 0 Å². The number of rotatable bonds is 3. The molecule has 1 aliphatic heterocycles. The van der Waals surface area contributed by atoms with Crippen molar-refractivity contribution in [3.8, 4) is 0 Å². The average molecular weight is 364 g/mol. The van der Waals surface area contributed by atoms with Crippen LogP contribution in [-0.2, 0) is 9.53 Å². The first kappa shape index (κ1) is 18.3. The number of para-hydroxylation sites is 2. The SMILES string of the molecule is CCOC(=O)C1=C(C)Nc2ccccc2N=C1NC(=O)c1ccc(C)nc1. The number of hydrogen-bond acceptors (Lipinski definition) is 6. The molecule has 0 aliphatic carbocycles. The number of anilines is 1. The van der Waals surface area contributed by atoms with Crippen LogP contribution in [0.15, 0.2) is 58.9 Å². The number of benzene rings is 1. The highest BCUT2D eigenvalue weighted by atomic mass is 16.5. The second-order valence-electron chi connectivity index (χ2n) is 5.97. The number of esters is 1. The van der Waals surface area contributed by atoms with Crippen molar-refractivity contribution in [1.82, 2.24) is 10.3 Å². The molecule has 0 saturated carbocycles. The minimum atomic E-state index is -0.559. The zero-order valence-electron chi connectivity index (χ0n) is 15.4. The van der Waals surface area contributed by atoms with Crippen LogP contribution >= 0.6 is 0 Å². The fraction of sp³-hybridized carbons (Fsp3) is 0.200. The van der Waals surface area contributed by atoms with Gasteiger partial charge in [-0.25, -0.2) is 9.79 Å². The van der Waals surface area contributed by atoms with Gasteiger partial charge in [-0.1, -0.05) is 12.1 Å². The Morgan fingerprint density at radius 1 is 1.15 bits per heavy atom. The Morgan fingerprint density at radius 3 is 2.63 bits per heavy atom. The topological polar surface area (TPSA) is 92.7 Å². The van der Waals surface area contributed by atoms with Crippen molar-refractivity contribution in [2.75, 3.05) is 11.9 Å². The molecule has 0 spiro atoms. The van der Waals surface area contributed by atoms with Gasteiger partial charge in [-0.3, -0.25) is 9.78 Å². The lowest BCUT2D eigenvalue weighted by molar-refractivity contribution is -0.137. The number of aliphatic imine (C=N–C) groups is 1. The summed E-state index contributed by atoms with van der Waals surface area (Å²) in [4.78, 5) is 33.8. The standard InChI is InChI=1S/C20H20N4O3/c1-4-27-20(26)17-13(3)22-15-7-5-6-8-16(15)23-18(17)24-19(25)14-10-9-12(2)21-11-14/h5-11,22H,4H2,1-3H3,(H,23,24,25). The van der Waals surface area contributed by atoms with E-state index in [9.17, 15) is 9.59 Å². The molecule has 138 valence electrons. The molecule has 2 aromatic rings. The summed E-state index contributed by atoms with van der Waals surface area (Å²) in [5.41, 5.74) is 3.24. The minimum Gasteiger partial charge on any atom is -0.462 e. The van der Waals surface area contributed by atoms with Gasteiger partial charge in [0.05, 0.1) is 23.5 Å². The fourth-order valence-electron chi connectivity index (χ4n) is 2.62. The molecule has 0 fully saturated rings. The molecule has 0 unspecified atom stereocenters. The summed E-state index contributed by atoms with van der Waals surface area (Å²) < 4.78 is 5.16. The van der Waals surface area contributed by atoms with Crippen LogP contribution in [0.3, 0.4) is 0 Å². The third-order valence-electron chi connectivity index (χ3n) is 3.96. The van der Waals surface area contributed by atoms with Crippen LogP contribution in [0, 0.1) is 6.92 Å². The number of aromatic nitrogens is 1. The van der Waals surface area contributed by atoms with Gasteiger partial charge in [0.1, 0.15) is 11.4 Å². The smallest absolute Gasteiger partial charge is 0.343 e.